The number of amides is 7. The normalized spacial score (nSPS) is 19.8. The summed E-state index contributed by atoms with van der Waals surface area (Å²) in [6, 6.07) is -7.28. The second-order valence-electron chi connectivity index (χ2n) is 17.1. The summed E-state index contributed by atoms with van der Waals surface area (Å²) in [6.07, 6.45) is -2.41. The van der Waals surface area contributed by atoms with Gasteiger partial charge >= 0.3 is 17.9 Å². The second kappa shape index (κ2) is 27.5. The lowest BCUT2D eigenvalue weighted by atomic mass is 9.97. The lowest BCUT2D eigenvalue weighted by molar-refractivity contribution is -0.192. The Kier molecular flexibility index (Phi) is 23.7. The van der Waals surface area contributed by atoms with Crippen LogP contribution in [0.4, 0.5) is 0 Å². The van der Waals surface area contributed by atoms with Crippen LogP contribution in [-0.2, 0) is 57.4 Å². The van der Waals surface area contributed by atoms with Crippen LogP contribution in [0.1, 0.15) is 85.5 Å². The number of rotatable bonds is 31. The van der Waals surface area contributed by atoms with Crippen LogP contribution in [0.2, 0.25) is 0 Å². The van der Waals surface area contributed by atoms with E-state index in [2.05, 4.69) is 26.6 Å². The van der Waals surface area contributed by atoms with Gasteiger partial charge in [-0.3, -0.25) is 48.1 Å². The summed E-state index contributed by atoms with van der Waals surface area (Å²) in [5.74, 6) is -10.7. The van der Waals surface area contributed by atoms with Crippen LogP contribution >= 0.6 is 11.8 Å². The lowest BCUT2D eigenvalue weighted by Gasteiger charge is -2.55. The Bertz CT molecular complexity index is 1890. The number of nitrogens with two attached hydrogens (primary N) is 5. The van der Waals surface area contributed by atoms with Crippen molar-refractivity contribution in [3.63, 3.8) is 0 Å². The van der Waals surface area contributed by atoms with Crippen LogP contribution in [0.5, 0.6) is 0 Å². The largest absolute Gasteiger partial charge is 0.480 e. The van der Waals surface area contributed by atoms with Crippen molar-refractivity contribution in [2.45, 2.75) is 139 Å². The number of carbonyl (C=O) groups excluding carboxylic acids is 8. The number of hydrogen-bond acceptors (Lipinski definition) is 18. The standard InChI is InChI=1S/C41H69N11O15S/c1-19(2)30(49-33(57)22(44)10-7-13-42)35(59)47-24(11-8-14-43)34(58)50-31(20(3)4)36(60)48-25(15-27(46)54)26(53)16-29(56)67-17-21-18-68-40-41(66-5,39(65)52(40)32(21)38(63)64)51-28(55)12-6-9-23(45)37(61)62/h19-20,22-26,30-31,40,53H,6-18,42-45H2,1-5H3,(H2,46,54)(H,47,59)(H,48,60)(H,49,57)(H,50,58)(H,51,55)(H,61,62)(H,63,64)/t22-,23+,24-,25?,26?,30-,31-,40+,41-/m0/s1. The SMILES string of the molecule is CO[C@@]1(NC(=O)CCC[C@@H](N)C(=O)O)C(=O)N2C(C(=O)O)=C(COC(=O)CC(O)C(CC(N)=O)NC(=O)[C@@H](NC(=O)[C@H](CCCN)NC(=O)[C@@H](NC(=O)[C@@H](N)CCCN)C(C)C)C(C)C)CS[C@@H]21. The number of carboxylic acid groups (broad SMARTS) is 2. The average Bonchev–Trinajstić information content (AvgIpc) is 3.27. The number of nitrogens with one attached hydrogen (secondary N) is 5. The molecule has 1 fully saturated rings. The molecule has 0 bridgehead atoms. The third-order valence-electron chi connectivity index (χ3n) is 11.1. The molecule has 1 saturated heterocycles. The Labute approximate surface area is 397 Å². The van der Waals surface area contributed by atoms with Crippen molar-refractivity contribution in [2.24, 2.45) is 40.5 Å². The minimum atomic E-state index is -1.96. The van der Waals surface area contributed by atoms with E-state index in [0.29, 0.717) is 13.0 Å². The van der Waals surface area contributed by atoms with Gasteiger partial charge in [-0.2, -0.15) is 0 Å². The molecule has 0 aliphatic carbocycles. The van der Waals surface area contributed by atoms with Crippen LogP contribution in [0.3, 0.4) is 0 Å². The number of aliphatic hydroxyl groups excluding tert-OH is 1. The molecule has 27 heteroatoms. The predicted octanol–water partition coefficient (Wildman–Crippen LogP) is -4.49. The molecule has 2 rings (SSSR count). The Morgan fingerprint density at radius 2 is 1.35 bits per heavy atom. The molecule has 2 aliphatic rings. The fourth-order valence-corrected chi connectivity index (χ4v) is 8.57. The Hall–Kier alpha value is -5.45. The summed E-state index contributed by atoms with van der Waals surface area (Å²) in [5.41, 5.74) is 25.5. The highest BCUT2D eigenvalue weighted by atomic mass is 32.2. The molecule has 0 aromatic heterocycles. The number of esters is 1. The van der Waals surface area contributed by atoms with Gasteiger partial charge < -0.3 is 80.0 Å². The minimum absolute atomic E-state index is 0.0245. The van der Waals surface area contributed by atoms with Gasteiger partial charge in [-0.05, 0) is 63.5 Å². The smallest absolute Gasteiger partial charge is 0.352 e. The van der Waals surface area contributed by atoms with Crippen LogP contribution < -0.4 is 55.3 Å². The van der Waals surface area contributed by atoms with E-state index in [9.17, 15) is 58.2 Å². The third kappa shape index (κ3) is 16.4. The molecule has 9 atom stereocenters. The van der Waals surface area contributed by atoms with Crippen molar-refractivity contribution < 1.29 is 72.7 Å². The van der Waals surface area contributed by atoms with Crippen molar-refractivity contribution in [3.05, 3.63) is 11.3 Å². The zero-order valence-corrected chi connectivity index (χ0v) is 39.8. The molecule has 0 saturated carbocycles. The molecule has 2 unspecified atom stereocenters. The summed E-state index contributed by atoms with van der Waals surface area (Å²) in [6.45, 7) is 6.33. The molecule has 26 nitrogen and oxygen atoms in total. The van der Waals surface area contributed by atoms with Gasteiger partial charge in [-0.15, -0.1) is 11.8 Å². The van der Waals surface area contributed by atoms with E-state index in [1.807, 2.05) is 0 Å². The number of nitrogens with zero attached hydrogens (tertiary/aromatic N) is 1. The van der Waals surface area contributed by atoms with Gasteiger partial charge in [-0.25, -0.2) is 4.79 Å². The molecule has 18 N–H and O–H groups in total. The summed E-state index contributed by atoms with van der Waals surface area (Å²) in [4.78, 5) is 129. The number of β-lactam (4-membered cyclic amide) rings is 1. The van der Waals surface area contributed by atoms with Gasteiger partial charge in [0, 0.05) is 31.3 Å². The van der Waals surface area contributed by atoms with Crippen LogP contribution in [-0.4, -0.2) is 165 Å². The molecular weight excluding hydrogens is 919 g/mol. The van der Waals surface area contributed by atoms with Gasteiger partial charge in [0.2, 0.25) is 35.4 Å². The van der Waals surface area contributed by atoms with E-state index in [1.165, 1.54) is 0 Å². The zero-order chi connectivity index (χ0) is 51.6. The summed E-state index contributed by atoms with van der Waals surface area (Å²) in [7, 11) is 1.14. The van der Waals surface area contributed by atoms with Gasteiger partial charge in [0.25, 0.3) is 11.6 Å². The van der Waals surface area contributed by atoms with E-state index in [-0.39, 0.29) is 56.4 Å². The molecule has 7 amide bonds. The average molecular weight is 988 g/mol. The fourth-order valence-electron chi connectivity index (χ4n) is 7.15. The number of primary amides is 1. The predicted molar refractivity (Wildman–Crippen MR) is 242 cm³/mol. The first kappa shape index (κ1) is 58.7. The maximum absolute atomic E-state index is 13.7. The highest BCUT2D eigenvalue weighted by Gasteiger charge is 2.66. The van der Waals surface area contributed by atoms with Gasteiger partial charge in [0.15, 0.2) is 0 Å². The number of methoxy groups -OCH3 is 1. The number of carboxylic acids is 2. The maximum atomic E-state index is 13.7. The fraction of sp³-hybridized carbons (Fsp3) is 0.707. The molecule has 0 aromatic carbocycles. The topological polar surface area (TPSA) is 443 Å². The van der Waals surface area contributed by atoms with Crippen molar-refractivity contribution in [2.75, 3.05) is 32.6 Å². The molecule has 68 heavy (non-hydrogen) atoms. The highest BCUT2D eigenvalue weighted by molar-refractivity contribution is 8.00. The first-order valence-electron chi connectivity index (χ1n) is 22.1. The van der Waals surface area contributed by atoms with Crippen molar-refractivity contribution >= 4 is 71.0 Å². The van der Waals surface area contributed by atoms with E-state index in [1.54, 1.807) is 27.7 Å². The molecule has 2 heterocycles. The molecule has 0 radical (unpaired) electrons. The van der Waals surface area contributed by atoms with E-state index >= 15 is 0 Å². The molecular formula is C41H69N11O15S. The Morgan fingerprint density at radius 3 is 1.88 bits per heavy atom. The van der Waals surface area contributed by atoms with Crippen molar-refractivity contribution in [1.29, 1.82) is 0 Å². The summed E-state index contributed by atoms with van der Waals surface area (Å²) < 4.78 is 10.7. The number of thioether (sulfide) groups is 1. The van der Waals surface area contributed by atoms with Gasteiger partial charge in [0.05, 0.1) is 24.6 Å². The Morgan fingerprint density at radius 1 is 0.794 bits per heavy atom. The van der Waals surface area contributed by atoms with Crippen LogP contribution in [0.25, 0.3) is 0 Å². The molecule has 0 spiro atoms. The maximum Gasteiger partial charge on any atom is 0.352 e. The first-order chi connectivity index (χ1) is 31.9. The van der Waals surface area contributed by atoms with E-state index in [0.717, 1.165) is 23.8 Å². The van der Waals surface area contributed by atoms with E-state index in [4.69, 9.17) is 43.2 Å². The minimum Gasteiger partial charge on any atom is -0.480 e. The van der Waals surface area contributed by atoms with Gasteiger partial charge in [0.1, 0.15) is 41.8 Å². The number of fused-ring (bicyclic) bond motifs is 1. The number of aliphatic carboxylic acids is 2. The number of aliphatic hydroxyl groups is 1. The second-order valence-corrected chi connectivity index (χ2v) is 18.2. The summed E-state index contributed by atoms with van der Waals surface area (Å²) in [5, 5.41) is 41.9. The molecule has 384 valence electrons. The lowest BCUT2D eigenvalue weighted by Crippen LogP contribution is -2.80. The third-order valence-corrected chi connectivity index (χ3v) is 12.4. The van der Waals surface area contributed by atoms with Crippen molar-refractivity contribution in [3.8, 4) is 0 Å². The molecule has 0 aromatic rings. The number of hydrogen-bond donors (Lipinski definition) is 13. The van der Waals surface area contributed by atoms with E-state index < -0.39 is 150 Å². The highest BCUT2D eigenvalue weighted by Crippen LogP contribution is 2.46. The Balaban J connectivity index is 2.17. The van der Waals surface area contributed by atoms with Gasteiger partial charge in [-0.1, -0.05) is 27.7 Å². The van der Waals surface area contributed by atoms with Crippen molar-refractivity contribution in [1.82, 2.24) is 31.5 Å². The zero-order valence-electron chi connectivity index (χ0n) is 38.9. The number of carbonyl (C=O) groups is 10. The van der Waals surface area contributed by atoms with Crippen LogP contribution in [0, 0.1) is 11.8 Å². The quantitative estimate of drug-likeness (QED) is 0.0177. The summed E-state index contributed by atoms with van der Waals surface area (Å²) >= 11 is 0.989. The number of ether oxygens (including phenoxy) is 2. The monoisotopic (exact) mass is 987 g/mol. The first-order valence-corrected chi connectivity index (χ1v) is 23.2. The van der Waals surface area contributed by atoms with Crippen LogP contribution in [0.15, 0.2) is 11.3 Å². The molecule has 2 aliphatic heterocycles.